The first-order valence-corrected chi connectivity index (χ1v) is 8.88. The van der Waals surface area contributed by atoms with Crippen LogP contribution in [-0.4, -0.2) is 16.1 Å². The zero-order valence-electron chi connectivity index (χ0n) is 12.7. The SMILES string of the molecule is CCCn1c(C2CCC(CN)CC2)nc2cc(Br)ccc21. The Morgan fingerprint density at radius 3 is 2.71 bits per heavy atom. The molecule has 4 heteroatoms. The number of halogens is 1. The number of nitrogens with two attached hydrogens (primary N) is 1. The van der Waals surface area contributed by atoms with Crippen LogP contribution in [0.4, 0.5) is 0 Å². The van der Waals surface area contributed by atoms with E-state index in [1.165, 1.54) is 37.0 Å². The Hall–Kier alpha value is -0.870. The van der Waals surface area contributed by atoms with Gasteiger partial charge in [0.25, 0.3) is 0 Å². The molecule has 0 bridgehead atoms. The van der Waals surface area contributed by atoms with Gasteiger partial charge in [0.05, 0.1) is 11.0 Å². The van der Waals surface area contributed by atoms with Crippen LogP contribution in [0.3, 0.4) is 0 Å². The number of hydrogen-bond donors (Lipinski definition) is 1. The number of aryl methyl sites for hydroxylation is 1. The van der Waals surface area contributed by atoms with Crippen LogP contribution in [0.1, 0.15) is 50.8 Å². The van der Waals surface area contributed by atoms with E-state index in [0.717, 1.165) is 35.4 Å². The van der Waals surface area contributed by atoms with Crippen molar-refractivity contribution < 1.29 is 0 Å². The Balaban J connectivity index is 1.95. The summed E-state index contributed by atoms with van der Waals surface area (Å²) in [5.41, 5.74) is 8.21. The van der Waals surface area contributed by atoms with Crippen LogP contribution in [0.5, 0.6) is 0 Å². The molecule has 1 saturated carbocycles. The second kappa shape index (κ2) is 6.49. The van der Waals surface area contributed by atoms with Crippen molar-refractivity contribution in [3.8, 4) is 0 Å². The molecule has 114 valence electrons. The molecule has 0 unspecified atom stereocenters. The van der Waals surface area contributed by atoms with Crippen LogP contribution in [-0.2, 0) is 6.54 Å². The Bertz CT molecular complexity index is 612. The lowest BCUT2D eigenvalue weighted by Crippen LogP contribution is -2.22. The van der Waals surface area contributed by atoms with Gasteiger partial charge in [0.2, 0.25) is 0 Å². The third-order valence-electron chi connectivity index (χ3n) is 4.73. The van der Waals surface area contributed by atoms with E-state index in [4.69, 9.17) is 10.7 Å². The van der Waals surface area contributed by atoms with Gasteiger partial charge in [-0.25, -0.2) is 4.98 Å². The van der Waals surface area contributed by atoms with Crippen molar-refractivity contribution in [3.63, 3.8) is 0 Å². The van der Waals surface area contributed by atoms with Crippen molar-refractivity contribution in [1.29, 1.82) is 0 Å². The largest absolute Gasteiger partial charge is 0.330 e. The maximum absolute atomic E-state index is 5.82. The molecule has 3 rings (SSSR count). The van der Waals surface area contributed by atoms with Gasteiger partial charge in [-0.15, -0.1) is 0 Å². The number of hydrogen-bond acceptors (Lipinski definition) is 2. The summed E-state index contributed by atoms with van der Waals surface area (Å²) in [5, 5.41) is 0. The molecule has 1 fully saturated rings. The Morgan fingerprint density at radius 1 is 1.29 bits per heavy atom. The number of aromatic nitrogens is 2. The van der Waals surface area contributed by atoms with Gasteiger partial charge < -0.3 is 10.3 Å². The molecular formula is C17H24BrN3. The maximum atomic E-state index is 5.82. The van der Waals surface area contributed by atoms with Crippen molar-refractivity contribution in [2.24, 2.45) is 11.7 Å². The third kappa shape index (κ3) is 3.02. The van der Waals surface area contributed by atoms with Crippen molar-refractivity contribution in [2.45, 2.75) is 51.5 Å². The first kappa shape index (κ1) is 15.0. The molecule has 0 aliphatic heterocycles. The lowest BCUT2D eigenvalue weighted by molar-refractivity contribution is 0.321. The lowest BCUT2D eigenvalue weighted by atomic mass is 9.81. The number of imidazole rings is 1. The van der Waals surface area contributed by atoms with Gasteiger partial charge in [-0.2, -0.15) is 0 Å². The number of benzene rings is 1. The van der Waals surface area contributed by atoms with Gasteiger partial charge in [-0.1, -0.05) is 22.9 Å². The van der Waals surface area contributed by atoms with Crippen LogP contribution in [0.25, 0.3) is 11.0 Å². The van der Waals surface area contributed by atoms with Crippen LogP contribution < -0.4 is 5.73 Å². The zero-order chi connectivity index (χ0) is 14.8. The average Bonchev–Trinajstić information content (AvgIpc) is 2.85. The highest BCUT2D eigenvalue weighted by molar-refractivity contribution is 9.10. The van der Waals surface area contributed by atoms with Crippen LogP contribution in [0.2, 0.25) is 0 Å². The molecule has 1 aromatic carbocycles. The van der Waals surface area contributed by atoms with E-state index in [1.54, 1.807) is 0 Å². The summed E-state index contributed by atoms with van der Waals surface area (Å²) in [7, 11) is 0. The van der Waals surface area contributed by atoms with E-state index in [-0.39, 0.29) is 0 Å². The molecule has 1 aliphatic rings. The topological polar surface area (TPSA) is 43.8 Å². The monoisotopic (exact) mass is 349 g/mol. The van der Waals surface area contributed by atoms with Crippen molar-refractivity contribution in [2.75, 3.05) is 6.54 Å². The molecule has 1 aromatic heterocycles. The van der Waals surface area contributed by atoms with E-state index in [2.05, 4.69) is 45.6 Å². The van der Waals surface area contributed by atoms with E-state index in [9.17, 15) is 0 Å². The van der Waals surface area contributed by atoms with E-state index < -0.39 is 0 Å². The fraction of sp³-hybridized carbons (Fsp3) is 0.588. The Morgan fingerprint density at radius 2 is 2.05 bits per heavy atom. The third-order valence-corrected chi connectivity index (χ3v) is 5.23. The van der Waals surface area contributed by atoms with E-state index in [1.807, 2.05) is 0 Å². The van der Waals surface area contributed by atoms with Crippen LogP contribution in [0, 0.1) is 5.92 Å². The molecule has 3 nitrogen and oxygen atoms in total. The number of rotatable bonds is 4. The fourth-order valence-electron chi connectivity index (χ4n) is 3.55. The minimum Gasteiger partial charge on any atom is -0.330 e. The summed E-state index contributed by atoms with van der Waals surface area (Å²) >= 11 is 3.56. The summed E-state index contributed by atoms with van der Waals surface area (Å²) < 4.78 is 3.55. The quantitative estimate of drug-likeness (QED) is 0.886. The first-order chi connectivity index (χ1) is 10.2. The highest BCUT2D eigenvalue weighted by Crippen LogP contribution is 2.36. The normalized spacial score (nSPS) is 22.8. The van der Waals surface area contributed by atoms with Crippen molar-refractivity contribution >= 4 is 27.0 Å². The predicted octanol–water partition coefficient (Wildman–Crippen LogP) is 4.44. The van der Waals surface area contributed by atoms with Crippen molar-refractivity contribution in [1.82, 2.24) is 9.55 Å². The summed E-state index contributed by atoms with van der Waals surface area (Å²) in [4.78, 5) is 4.97. The van der Waals surface area contributed by atoms with Gasteiger partial charge in [0.1, 0.15) is 5.82 Å². The zero-order valence-corrected chi connectivity index (χ0v) is 14.3. The standard InChI is InChI=1S/C17H24BrN3/c1-2-9-21-16-8-7-14(18)10-15(16)20-17(21)13-5-3-12(11-19)4-6-13/h7-8,10,12-13H,2-6,9,11,19H2,1H3. The van der Waals surface area contributed by atoms with Gasteiger partial charge in [0, 0.05) is 16.9 Å². The maximum Gasteiger partial charge on any atom is 0.112 e. The van der Waals surface area contributed by atoms with Crippen LogP contribution in [0.15, 0.2) is 22.7 Å². The molecule has 2 aromatic rings. The molecule has 0 radical (unpaired) electrons. The molecule has 1 aliphatic carbocycles. The fourth-order valence-corrected chi connectivity index (χ4v) is 3.90. The minimum absolute atomic E-state index is 0.602. The highest BCUT2D eigenvalue weighted by Gasteiger charge is 2.25. The van der Waals surface area contributed by atoms with Crippen LogP contribution >= 0.6 is 15.9 Å². The highest BCUT2D eigenvalue weighted by atomic mass is 79.9. The van der Waals surface area contributed by atoms with Gasteiger partial charge in [0.15, 0.2) is 0 Å². The molecule has 0 amide bonds. The summed E-state index contributed by atoms with van der Waals surface area (Å²) in [5.74, 6) is 2.62. The van der Waals surface area contributed by atoms with Gasteiger partial charge in [-0.3, -0.25) is 0 Å². The van der Waals surface area contributed by atoms with E-state index in [0.29, 0.717) is 5.92 Å². The molecule has 0 spiro atoms. The lowest BCUT2D eigenvalue weighted by Gasteiger charge is -2.27. The Kier molecular flexibility index (Phi) is 4.65. The minimum atomic E-state index is 0.602. The van der Waals surface area contributed by atoms with E-state index >= 15 is 0 Å². The average molecular weight is 350 g/mol. The number of nitrogens with zero attached hydrogens (tertiary/aromatic N) is 2. The van der Waals surface area contributed by atoms with Gasteiger partial charge in [-0.05, 0) is 62.8 Å². The predicted molar refractivity (Wildman–Crippen MR) is 91.5 cm³/mol. The Labute approximate surface area is 135 Å². The smallest absolute Gasteiger partial charge is 0.112 e. The van der Waals surface area contributed by atoms with Crippen molar-refractivity contribution in [3.05, 3.63) is 28.5 Å². The molecule has 2 N–H and O–H groups in total. The molecule has 21 heavy (non-hydrogen) atoms. The second-order valence-electron chi connectivity index (χ2n) is 6.21. The van der Waals surface area contributed by atoms with Gasteiger partial charge >= 0.3 is 0 Å². The molecule has 0 atom stereocenters. The molecule has 0 saturated heterocycles. The summed E-state index contributed by atoms with van der Waals surface area (Å²) in [6.45, 7) is 4.13. The number of fused-ring (bicyclic) bond motifs is 1. The summed E-state index contributed by atoms with van der Waals surface area (Å²) in [6, 6.07) is 6.44. The second-order valence-corrected chi connectivity index (χ2v) is 7.12. The molecular weight excluding hydrogens is 326 g/mol. The molecule has 1 heterocycles. The first-order valence-electron chi connectivity index (χ1n) is 8.08. The summed E-state index contributed by atoms with van der Waals surface area (Å²) in [6.07, 6.45) is 6.11.